The maximum absolute atomic E-state index is 13.0. The van der Waals surface area contributed by atoms with Gasteiger partial charge in [0, 0.05) is 31.3 Å². The van der Waals surface area contributed by atoms with E-state index in [1.807, 2.05) is 18.2 Å². The topological polar surface area (TPSA) is 70.7 Å². The summed E-state index contributed by atoms with van der Waals surface area (Å²) in [4.78, 5) is 28.1. The van der Waals surface area contributed by atoms with E-state index in [2.05, 4.69) is 36.3 Å². The average Bonchev–Trinajstić information content (AvgIpc) is 2.70. The zero-order valence-corrected chi connectivity index (χ0v) is 17.8. The molecule has 2 amide bonds. The first-order chi connectivity index (χ1) is 13.9. The summed E-state index contributed by atoms with van der Waals surface area (Å²) < 4.78 is 6.43. The van der Waals surface area contributed by atoms with Crippen LogP contribution in [0.3, 0.4) is 0 Å². The van der Waals surface area contributed by atoms with Gasteiger partial charge in [0.25, 0.3) is 5.91 Å². The molecule has 4 atom stereocenters. The van der Waals surface area contributed by atoms with Gasteiger partial charge in [-0.2, -0.15) is 0 Å². The number of para-hydroxylation sites is 1. The molecule has 2 bridgehead atoms. The van der Waals surface area contributed by atoms with Gasteiger partial charge in [-0.05, 0) is 49.9 Å². The van der Waals surface area contributed by atoms with Gasteiger partial charge >= 0.3 is 0 Å². The van der Waals surface area contributed by atoms with Crippen molar-refractivity contribution in [3.63, 3.8) is 0 Å². The first-order valence-corrected chi connectivity index (χ1v) is 11.0. The van der Waals surface area contributed by atoms with Crippen LogP contribution in [0.1, 0.15) is 56.8 Å². The van der Waals surface area contributed by atoms with Crippen LogP contribution in [0.2, 0.25) is 0 Å². The van der Waals surface area contributed by atoms with Crippen molar-refractivity contribution in [3.8, 4) is 5.75 Å². The summed E-state index contributed by atoms with van der Waals surface area (Å²) in [5, 5.41) is 6.35. The first kappa shape index (κ1) is 20.2. The van der Waals surface area contributed by atoms with E-state index in [0.717, 1.165) is 38.9 Å². The number of ether oxygens (including phenoxy) is 1. The average molecular weight is 400 g/mol. The molecule has 1 aliphatic heterocycles. The lowest BCUT2D eigenvalue weighted by Gasteiger charge is -2.59. The Morgan fingerprint density at radius 2 is 2.07 bits per heavy atom. The Labute approximate surface area is 173 Å². The van der Waals surface area contributed by atoms with Gasteiger partial charge in [-0.1, -0.05) is 32.9 Å². The van der Waals surface area contributed by atoms with E-state index in [9.17, 15) is 9.59 Å². The van der Waals surface area contributed by atoms with E-state index >= 15 is 0 Å². The third-order valence-electron chi connectivity index (χ3n) is 7.44. The van der Waals surface area contributed by atoms with Gasteiger partial charge in [-0.25, -0.2) is 0 Å². The molecule has 4 aliphatic rings. The van der Waals surface area contributed by atoms with E-state index in [0.29, 0.717) is 24.3 Å². The van der Waals surface area contributed by atoms with E-state index in [1.165, 1.54) is 0 Å². The SMILES string of the molecule is CCN(CC)CCNC(=O)[C@@H]1C[C@H]2CC[C@@]1(C)C[C@]21NC(=O)c2ccccc2O1. The minimum Gasteiger partial charge on any atom is -0.467 e. The summed E-state index contributed by atoms with van der Waals surface area (Å²) in [7, 11) is 0. The van der Waals surface area contributed by atoms with Crippen molar-refractivity contribution in [2.24, 2.45) is 17.3 Å². The molecule has 0 unspecified atom stereocenters. The third kappa shape index (κ3) is 3.52. The van der Waals surface area contributed by atoms with Crippen LogP contribution in [0.5, 0.6) is 5.75 Å². The lowest BCUT2D eigenvalue weighted by atomic mass is 9.52. The number of likely N-dealkylation sites (N-methyl/N-ethyl adjacent to an activating group) is 1. The van der Waals surface area contributed by atoms with Crippen LogP contribution >= 0.6 is 0 Å². The van der Waals surface area contributed by atoms with Crippen LogP contribution < -0.4 is 15.4 Å². The van der Waals surface area contributed by atoms with Crippen molar-refractivity contribution in [1.29, 1.82) is 0 Å². The van der Waals surface area contributed by atoms with Crippen molar-refractivity contribution < 1.29 is 14.3 Å². The van der Waals surface area contributed by atoms with Gasteiger partial charge in [0.05, 0.1) is 5.56 Å². The Balaban J connectivity index is 1.47. The molecule has 0 saturated heterocycles. The van der Waals surface area contributed by atoms with Crippen LogP contribution in [-0.2, 0) is 4.79 Å². The summed E-state index contributed by atoms with van der Waals surface area (Å²) in [6, 6.07) is 7.43. The van der Waals surface area contributed by atoms with Crippen LogP contribution in [0.25, 0.3) is 0 Å². The number of fused-ring (bicyclic) bond motifs is 3. The molecule has 1 spiro atoms. The predicted molar refractivity (Wildman–Crippen MR) is 112 cm³/mol. The third-order valence-corrected chi connectivity index (χ3v) is 7.44. The molecular formula is C23H33N3O3. The zero-order valence-electron chi connectivity index (χ0n) is 17.8. The molecule has 2 N–H and O–H groups in total. The molecule has 29 heavy (non-hydrogen) atoms. The maximum Gasteiger partial charge on any atom is 0.258 e. The highest BCUT2D eigenvalue weighted by Crippen LogP contribution is 2.58. The molecule has 3 aliphatic carbocycles. The number of carbonyl (C=O) groups is 2. The number of hydrogen-bond acceptors (Lipinski definition) is 4. The van der Waals surface area contributed by atoms with Crippen LogP contribution in [0, 0.1) is 17.3 Å². The van der Waals surface area contributed by atoms with Crippen molar-refractivity contribution >= 4 is 11.8 Å². The van der Waals surface area contributed by atoms with E-state index in [1.54, 1.807) is 6.07 Å². The number of carbonyl (C=O) groups excluding carboxylic acids is 2. The van der Waals surface area contributed by atoms with E-state index in [4.69, 9.17) is 4.74 Å². The maximum atomic E-state index is 13.0. The normalized spacial score (nSPS) is 32.6. The summed E-state index contributed by atoms with van der Waals surface area (Å²) in [6.07, 6.45) is 3.41. The van der Waals surface area contributed by atoms with Crippen molar-refractivity contribution in [3.05, 3.63) is 29.8 Å². The lowest BCUT2D eigenvalue weighted by Crippen LogP contribution is -2.69. The fraction of sp³-hybridized carbons (Fsp3) is 0.652. The van der Waals surface area contributed by atoms with Gasteiger partial charge in [-0.15, -0.1) is 0 Å². The number of benzene rings is 1. The van der Waals surface area contributed by atoms with E-state index < -0.39 is 5.72 Å². The summed E-state index contributed by atoms with van der Waals surface area (Å²) in [5.41, 5.74) is -0.264. The van der Waals surface area contributed by atoms with E-state index in [-0.39, 0.29) is 29.1 Å². The molecule has 1 heterocycles. The fourth-order valence-corrected chi connectivity index (χ4v) is 5.66. The largest absolute Gasteiger partial charge is 0.467 e. The minimum absolute atomic E-state index is 0.0266. The summed E-state index contributed by atoms with van der Waals surface area (Å²) in [5.74, 6) is 0.874. The Morgan fingerprint density at radius 1 is 1.31 bits per heavy atom. The van der Waals surface area contributed by atoms with Gasteiger partial charge in [-0.3, -0.25) is 9.59 Å². The predicted octanol–water partition coefficient (Wildman–Crippen LogP) is 2.79. The molecule has 1 aromatic rings. The fourth-order valence-electron chi connectivity index (χ4n) is 5.66. The second-order valence-electron chi connectivity index (χ2n) is 9.11. The second-order valence-corrected chi connectivity index (χ2v) is 9.11. The molecule has 5 rings (SSSR count). The molecule has 3 fully saturated rings. The monoisotopic (exact) mass is 399 g/mol. The van der Waals surface area contributed by atoms with Crippen LogP contribution in [-0.4, -0.2) is 48.6 Å². The molecule has 0 radical (unpaired) electrons. The smallest absolute Gasteiger partial charge is 0.258 e. The molecule has 6 nitrogen and oxygen atoms in total. The molecule has 3 saturated carbocycles. The van der Waals surface area contributed by atoms with Crippen LogP contribution in [0.4, 0.5) is 0 Å². The highest BCUT2D eigenvalue weighted by Gasteiger charge is 2.61. The first-order valence-electron chi connectivity index (χ1n) is 11.0. The Morgan fingerprint density at radius 3 is 2.79 bits per heavy atom. The quantitative estimate of drug-likeness (QED) is 0.772. The molecule has 0 aromatic heterocycles. The number of hydrogen-bond donors (Lipinski definition) is 2. The molecule has 1 aromatic carbocycles. The lowest BCUT2D eigenvalue weighted by molar-refractivity contribution is -0.167. The van der Waals surface area contributed by atoms with Crippen molar-refractivity contribution in [2.75, 3.05) is 26.2 Å². The summed E-state index contributed by atoms with van der Waals surface area (Å²) in [6.45, 7) is 10.0. The van der Waals surface area contributed by atoms with Gasteiger partial charge < -0.3 is 20.3 Å². The number of nitrogens with one attached hydrogen (secondary N) is 2. The molecule has 158 valence electrons. The van der Waals surface area contributed by atoms with Gasteiger partial charge in [0.1, 0.15) is 5.75 Å². The Kier molecular flexibility index (Phi) is 5.32. The number of nitrogens with zero attached hydrogens (tertiary/aromatic N) is 1. The zero-order chi connectivity index (χ0) is 20.6. The number of amides is 2. The molecular weight excluding hydrogens is 366 g/mol. The highest BCUT2D eigenvalue weighted by molar-refractivity contribution is 5.98. The summed E-state index contributed by atoms with van der Waals surface area (Å²) >= 11 is 0. The van der Waals surface area contributed by atoms with Crippen LogP contribution in [0.15, 0.2) is 24.3 Å². The Hall–Kier alpha value is -2.08. The second kappa shape index (κ2) is 7.63. The molecule has 6 heteroatoms. The standard InChI is InChI=1S/C23H33N3O3/c1-4-26(5-2)13-12-24-21(28)18-14-16-10-11-22(18,3)15-23(16)25-20(27)17-8-6-7-9-19(17)29-23/h6-9,16,18H,4-5,10-15H2,1-3H3,(H,24,28)(H,25,27)/t16-,18+,22+,23-/m1/s1. The number of rotatable bonds is 6. The Bertz CT molecular complexity index is 793. The minimum atomic E-state index is -0.684. The van der Waals surface area contributed by atoms with Crippen molar-refractivity contribution in [1.82, 2.24) is 15.5 Å². The van der Waals surface area contributed by atoms with Gasteiger partial charge in [0.2, 0.25) is 5.91 Å². The van der Waals surface area contributed by atoms with Crippen molar-refractivity contribution in [2.45, 2.75) is 52.2 Å². The highest BCUT2D eigenvalue weighted by atomic mass is 16.5. The van der Waals surface area contributed by atoms with Gasteiger partial charge in [0.15, 0.2) is 5.72 Å².